The van der Waals surface area contributed by atoms with E-state index in [4.69, 9.17) is 4.74 Å². The Balaban J connectivity index is 1.72. The summed E-state index contributed by atoms with van der Waals surface area (Å²) in [5.74, 6) is 1.00. The second-order valence-electron chi connectivity index (χ2n) is 4.99. The monoisotopic (exact) mass is 270 g/mol. The Bertz CT molecular complexity index is 530. The lowest BCUT2D eigenvalue weighted by Gasteiger charge is -2.09. The summed E-state index contributed by atoms with van der Waals surface area (Å²) in [7, 11) is 0. The zero-order valence-corrected chi connectivity index (χ0v) is 12.1. The van der Waals surface area contributed by atoms with Crippen LogP contribution in [0, 0.1) is 0 Å². The van der Waals surface area contributed by atoms with Crippen molar-refractivity contribution >= 4 is 10.8 Å². The van der Waals surface area contributed by atoms with Crippen molar-refractivity contribution < 1.29 is 10.1 Å². The number of nitrogens with two attached hydrogens (primary N) is 1. The molecule has 2 aromatic carbocycles. The molecule has 0 aliphatic rings. The maximum Gasteiger partial charge on any atom is 0.127 e. The van der Waals surface area contributed by atoms with Gasteiger partial charge in [0.05, 0.1) is 19.7 Å². The van der Waals surface area contributed by atoms with Crippen molar-refractivity contribution in [2.45, 2.75) is 19.3 Å². The van der Waals surface area contributed by atoms with Gasteiger partial charge in [0, 0.05) is 5.39 Å². The highest BCUT2D eigenvalue weighted by Gasteiger charge is 2.00. The van der Waals surface area contributed by atoms with E-state index in [1.165, 1.54) is 30.2 Å². The van der Waals surface area contributed by atoms with Gasteiger partial charge < -0.3 is 10.1 Å². The molecule has 0 aromatic heterocycles. The zero-order chi connectivity index (χ0) is 14.0. The zero-order valence-electron chi connectivity index (χ0n) is 12.1. The minimum Gasteiger partial charge on any atom is -0.493 e. The van der Waals surface area contributed by atoms with E-state index < -0.39 is 0 Å². The molecular formula is C18H24NO+. The average molecular weight is 270 g/mol. The number of rotatable bonds is 9. The van der Waals surface area contributed by atoms with Crippen LogP contribution in [-0.4, -0.2) is 19.7 Å². The fourth-order valence-corrected chi connectivity index (χ4v) is 2.31. The lowest BCUT2D eigenvalue weighted by atomic mass is 10.1. The van der Waals surface area contributed by atoms with Crippen LogP contribution in [0.5, 0.6) is 5.75 Å². The number of unbranched alkanes of at least 4 members (excludes halogenated alkanes) is 2. The van der Waals surface area contributed by atoms with Gasteiger partial charge in [-0.15, -0.1) is 0 Å². The van der Waals surface area contributed by atoms with E-state index in [-0.39, 0.29) is 0 Å². The van der Waals surface area contributed by atoms with Crippen LogP contribution >= 0.6 is 0 Å². The molecule has 0 saturated heterocycles. The van der Waals surface area contributed by atoms with E-state index in [0.29, 0.717) is 0 Å². The first-order chi connectivity index (χ1) is 9.92. The number of quaternary nitrogens is 1. The van der Waals surface area contributed by atoms with Crippen LogP contribution < -0.4 is 10.1 Å². The fourth-order valence-electron chi connectivity index (χ4n) is 2.31. The van der Waals surface area contributed by atoms with Gasteiger partial charge in [-0.2, -0.15) is 0 Å². The molecule has 2 N–H and O–H groups in total. The van der Waals surface area contributed by atoms with Gasteiger partial charge in [0.1, 0.15) is 5.75 Å². The summed E-state index contributed by atoms with van der Waals surface area (Å²) in [6.45, 7) is 6.72. The summed E-state index contributed by atoms with van der Waals surface area (Å²) >= 11 is 0. The molecule has 0 aliphatic carbocycles. The van der Waals surface area contributed by atoms with Gasteiger partial charge >= 0.3 is 0 Å². The Morgan fingerprint density at radius 2 is 1.85 bits per heavy atom. The van der Waals surface area contributed by atoms with Crippen molar-refractivity contribution in [3.8, 4) is 5.75 Å². The molecule has 0 heterocycles. The molecule has 20 heavy (non-hydrogen) atoms. The number of hydrogen-bond donors (Lipinski definition) is 1. The molecule has 0 unspecified atom stereocenters. The van der Waals surface area contributed by atoms with Gasteiger partial charge in [0.15, 0.2) is 0 Å². The first kappa shape index (κ1) is 14.6. The lowest BCUT2D eigenvalue weighted by molar-refractivity contribution is -0.646. The number of fused-ring (bicyclic) bond motifs is 1. The summed E-state index contributed by atoms with van der Waals surface area (Å²) in [5, 5.41) is 4.73. The molecule has 2 nitrogen and oxygen atoms in total. The van der Waals surface area contributed by atoms with Crippen molar-refractivity contribution in [1.29, 1.82) is 0 Å². The molecule has 0 aliphatic heterocycles. The molecule has 0 spiro atoms. The summed E-state index contributed by atoms with van der Waals surface area (Å²) in [4.78, 5) is 0. The van der Waals surface area contributed by atoms with Crippen LogP contribution in [0.1, 0.15) is 19.3 Å². The minimum atomic E-state index is 0.801. The van der Waals surface area contributed by atoms with Gasteiger partial charge in [-0.25, -0.2) is 0 Å². The first-order valence-electron chi connectivity index (χ1n) is 7.45. The molecule has 2 rings (SSSR count). The van der Waals surface area contributed by atoms with E-state index in [0.717, 1.165) is 25.3 Å². The highest BCUT2D eigenvalue weighted by Crippen LogP contribution is 2.25. The standard InChI is InChI=1S/C18H23NO/c1-2-13-19-14-6-3-7-15-20-18-12-8-10-16-9-4-5-11-17(16)18/h2,4-5,8-12,19H,1,3,6-7,13-15H2/p+1. The van der Waals surface area contributed by atoms with Crippen molar-refractivity contribution in [1.82, 2.24) is 0 Å². The summed E-state index contributed by atoms with van der Waals surface area (Å²) < 4.78 is 5.92. The fraction of sp³-hybridized carbons (Fsp3) is 0.333. The molecule has 0 radical (unpaired) electrons. The second-order valence-corrected chi connectivity index (χ2v) is 4.99. The van der Waals surface area contributed by atoms with Crippen molar-refractivity contribution in [2.24, 2.45) is 0 Å². The Labute approximate surface area is 121 Å². The van der Waals surface area contributed by atoms with Gasteiger partial charge in [-0.05, 0) is 36.8 Å². The summed E-state index contributed by atoms with van der Waals surface area (Å²) in [6.07, 6.45) is 5.53. The smallest absolute Gasteiger partial charge is 0.127 e. The maximum atomic E-state index is 5.92. The Morgan fingerprint density at radius 1 is 1.00 bits per heavy atom. The normalized spacial score (nSPS) is 10.6. The predicted molar refractivity (Wildman–Crippen MR) is 85.2 cm³/mol. The molecule has 0 saturated carbocycles. The third kappa shape index (κ3) is 4.39. The average Bonchev–Trinajstić information content (AvgIpc) is 2.50. The molecule has 0 amide bonds. The van der Waals surface area contributed by atoms with Crippen molar-refractivity contribution in [3.63, 3.8) is 0 Å². The SMILES string of the molecule is C=CC[NH2+]CCCCCOc1cccc2ccccc12. The predicted octanol–water partition coefficient (Wildman–Crippen LogP) is 3.14. The summed E-state index contributed by atoms with van der Waals surface area (Å²) in [5.41, 5.74) is 0. The second kappa shape index (κ2) is 8.39. The van der Waals surface area contributed by atoms with E-state index in [9.17, 15) is 0 Å². The molecule has 106 valence electrons. The third-order valence-corrected chi connectivity index (χ3v) is 3.39. The highest BCUT2D eigenvalue weighted by molar-refractivity contribution is 5.88. The highest BCUT2D eigenvalue weighted by atomic mass is 16.5. The molecule has 0 bridgehead atoms. The van der Waals surface area contributed by atoms with Crippen molar-refractivity contribution in [2.75, 3.05) is 19.7 Å². The Kier molecular flexibility index (Phi) is 6.12. The number of benzene rings is 2. The number of ether oxygens (including phenoxy) is 1. The van der Waals surface area contributed by atoms with Gasteiger partial charge in [0.25, 0.3) is 0 Å². The van der Waals surface area contributed by atoms with Crippen molar-refractivity contribution in [3.05, 3.63) is 55.1 Å². The van der Waals surface area contributed by atoms with Crippen LogP contribution in [0.15, 0.2) is 55.1 Å². The molecule has 2 aromatic rings. The van der Waals surface area contributed by atoms with Crippen LogP contribution in [0.3, 0.4) is 0 Å². The molecule has 2 heteroatoms. The van der Waals surface area contributed by atoms with Crippen LogP contribution in [0.25, 0.3) is 10.8 Å². The number of hydrogen-bond acceptors (Lipinski definition) is 1. The third-order valence-electron chi connectivity index (χ3n) is 3.39. The quantitative estimate of drug-likeness (QED) is 0.550. The molecular weight excluding hydrogens is 246 g/mol. The van der Waals surface area contributed by atoms with Crippen LogP contribution in [-0.2, 0) is 0 Å². The summed E-state index contributed by atoms with van der Waals surface area (Å²) in [6, 6.07) is 14.6. The topological polar surface area (TPSA) is 25.8 Å². The molecule has 0 fully saturated rings. The van der Waals surface area contributed by atoms with Gasteiger partial charge in [0.2, 0.25) is 0 Å². The van der Waals surface area contributed by atoms with Crippen LogP contribution in [0.4, 0.5) is 0 Å². The minimum absolute atomic E-state index is 0.801. The lowest BCUT2D eigenvalue weighted by Crippen LogP contribution is -2.83. The van der Waals surface area contributed by atoms with E-state index >= 15 is 0 Å². The first-order valence-corrected chi connectivity index (χ1v) is 7.45. The largest absolute Gasteiger partial charge is 0.493 e. The van der Waals surface area contributed by atoms with Gasteiger partial charge in [-0.1, -0.05) is 43.0 Å². The molecule has 0 atom stereocenters. The van der Waals surface area contributed by atoms with Crippen LogP contribution in [0.2, 0.25) is 0 Å². The van der Waals surface area contributed by atoms with E-state index in [1.54, 1.807) is 0 Å². The van der Waals surface area contributed by atoms with E-state index in [2.05, 4.69) is 54.4 Å². The van der Waals surface area contributed by atoms with E-state index in [1.807, 2.05) is 6.08 Å². The Morgan fingerprint density at radius 3 is 2.75 bits per heavy atom. The van der Waals surface area contributed by atoms with Gasteiger partial charge in [-0.3, -0.25) is 0 Å². The maximum absolute atomic E-state index is 5.92. The Hall–Kier alpha value is -1.80.